The molecule has 0 aliphatic heterocycles. The van der Waals surface area contributed by atoms with E-state index in [2.05, 4.69) is 0 Å². The van der Waals surface area contributed by atoms with Crippen LogP contribution in [0.1, 0.15) is 0 Å². The van der Waals surface area contributed by atoms with E-state index in [1.54, 1.807) is 24.3 Å². The molecule has 0 aromatic heterocycles. The maximum absolute atomic E-state index is 11.8. The minimum Gasteiger partial charge on any atom is -0.424 e. The molecular weight excluding hydrogens is 349 g/mol. The van der Waals surface area contributed by atoms with Crippen LogP contribution in [0, 0.1) is 10.1 Å². The van der Waals surface area contributed by atoms with Gasteiger partial charge in [0.05, 0.1) is 20.6 Å². The molecule has 0 amide bonds. The highest BCUT2D eigenvalue weighted by molar-refractivity contribution is 8.00. The molecule has 0 unspecified atom stereocenters. The molecule has 0 atom stereocenters. The summed E-state index contributed by atoms with van der Waals surface area (Å²) in [7, 11) is 0. The van der Waals surface area contributed by atoms with E-state index in [9.17, 15) is 14.9 Å². The minimum absolute atomic E-state index is 0.0511. The number of nitro groups is 1. The van der Waals surface area contributed by atoms with Crippen molar-refractivity contribution in [2.75, 3.05) is 5.75 Å². The minimum atomic E-state index is -0.563. The topological polar surface area (TPSA) is 69.4 Å². The number of carbonyl (C=O) groups excluding carboxylic acids is 1. The summed E-state index contributed by atoms with van der Waals surface area (Å²) in [5, 5.41) is 11.5. The fraction of sp³-hybridized carbons (Fsp3) is 0.0714. The second-order valence-corrected chi connectivity index (χ2v) is 5.92. The number of benzene rings is 2. The molecule has 2 rings (SSSR count). The molecule has 0 saturated heterocycles. The van der Waals surface area contributed by atoms with Crippen LogP contribution in [0.5, 0.6) is 5.75 Å². The number of para-hydroxylation sites is 1. The number of esters is 1. The van der Waals surface area contributed by atoms with Gasteiger partial charge < -0.3 is 4.74 Å². The highest BCUT2D eigenvalue weighted by atomic mass is 35.5. The molecule has 0 fully saturated rings. The maximum Gasteiger partial charge on any atom is 0.321 e. The number of nitrogens with zero attached hydrogens (tertiary/aromatic N) is 1. The quantitative estimate of drug-likeness (QED) is 0.257. The van der Waals surface area contributed by atoms with E-state index in [0.29, 0.717) is 9.92 Å². The number of thioether (sulfide) groups is 1. The molecule has 0 radical (unpaired) electrons. The average Bonchev–Trinajstić information content (AvgIpc) is 2.48. The van der Waals surface area contributed by atoms with E-state index in [-0.39, 0.29) is 22.2 Å². The smallest absolute Gasteiger partial charge is 0.321 e. The average molecular weight is 358 g/mol. The highest BCUT2D eigenvalue weighted by Crippen LogP contribution is 2.30. The Morgan fingerprint density at radius 1 is 1.23 bits per heavy atom. The monoisotopic (exact) mass is 357 g/mol. The zero-order valence-electron chi connectivity index (χ0n) is 11.0. The first-order chi connectivity index (χ1) is 10.5. The van der Waals surface area contributed by atoms with Gasteiger partial charge in [-0.25, -0.2) is 0 Å². The predicted octanol–water partition coefficient (Wildman–Crippen LogP) is 4.60. The number of carbonyl (C=O) groups is 1. The molecule has 0 saturated carbocycles. The lowest BCUT2D eigenvalue weighted by Gasteiger charge is -2.06. The third-order valence-electron chi connectivity index (χ3n) is 2.53. The number of nitro benzene ring substituents is 1. The van der Waals surface area contributed by atoms with Crippen LogP contribution in [0.2, 0.25) is 10.0 Å². The molecule has 114 valence electrons. The largest absolute Gasteiger partial charge is 0.424 e. The summed E-state index contributed by atoms with van der Waals surface area (Å²) >= 11 is 12.7. The van der Waals surface area contributed by atoms with Crippen molar-refractivity contribution in [3.05, 3.63) is 62.6 Å². The summed E-state index contributed by atoms with van der Waals surface area (Å²) in [5.41, 5.74) is -0.0511. The van der Waals surface area contributed by atoms with E-state index in [1.165, 1.54) is 18.2 Å². The van der Waals surface area contributed by atoms with Crippen LogP contribution < -0.4 is 4.74 Å². The summed E-state index contributed by atoms with van der Waals surface area (Å²) in [6.45, 7) is 0. The highest BCUT2D eigenvalue weighted by Gasteiger charge is 2.15. The standard InChI is InChI=1S/C14H9Cl2NO4S/c15-9-5-6-12(10(16)7-9)21-14(18)8-22-13-4-2-1-3-11(13)17(19)20/h1-7H,8H2. The van der Waals surface area contributed by atoms with Crippen molar-refractivity contribution in [1.29, 1.82) is 0 Å². The molecule has 0 spiro atoms. The molecule has 22 heavy (non-hydrogen) atoms. The zero-order chi connectivity index (χ0) is 16.1. The van der Waals surface area contributed by atoms with Crippen molar-refractivity contribution >= 4 is 46.6 Å². The van der Waals surface area contributed by atoms with Crippen molar-refractivity contribution < 1.29 is 14.5 Å². The molecule has 0 aliphatic rings. The summed E-state index contributed by atoms with van der Waals surface area (Å²) < 4.78 is 5.10. The van der Waals surface area contributed by atoms with Crippen LogP contribution in [0.3, 0.4) is 0 Å². The third kappa shape index (κ3) is 4.37. The van der Waals surface area contributed by atoms with E-state index in [1.807, 2.05) is 0 Å². The fourth-order valence-electron chi connectivity index (χ4n) is 1.58. The van der Waals surface area contributed by atoms with E-state index < -0.39 is 10.9 Å². The lowest BCUT2D eigenvalue weighted by molar-refractivity contribution is -0.387. The Labute approximate surface area is 140 Å². The molecule has 8 heteroatoms. The number of halogens is 2. The first-order valence-electron chi connectivity index (χ1n) is 5.99. The second-order valence-electron chi connectivity index (χ2n) is 4.06. The second kappa shape index (κ2) is 7.49. The number of hydrogen-bond acceptors (Lipinski definition) is 5. The SMILES string of the molecule is O=C(CSc1ccccc1[N+](=O)[O-])Oc1ccc(Cl)cc1Cl. The van der Waals surface area contributed by atoms with Gasteiger partial charge in [-0.05, 0) is 24.3 Å². The summed E-state index contributed by atoms with van der Waals surface area (Å²) in [5.74, 6) is -0.448. The Morgan fingerprint density at radius 2 is 1.95 bits per heavy atom. The van der Waals surface area contributed by atoms with Crippen molar-refractivity contribution in [1.82, 2.24) is 0 Å². The van der Waals surface area contributed by atoms with Gasteiger partial charge in [0.2, 0.25) is 0 Å². The number of ether oxygens (including phenoxy) is 1. The lowest BCUT2D eigenvalue weighted by atomic mass is 10.3. The van der Waals surface area contributed by atoms with Crippen molar-refractivity contribution in [2.24, 2.45) is 0 Å². The van der Waals surface area contributed by atoms with Gasteiger partial charge in [0.25, 0.3) is 5.69 Å². The fourth-order valence-corrected chi connectivity index (χ4v) is 2.82. The Kier molecular flexibility index (Phi) is 5.65. The Bertz CT molecular complexity index is 724. The van der Waals surface area contributed by atoms with Gasteiger partial charge in [0.15, 0.2) is 0 Å². The Morgan fingerprint density at radius 3 is 2.64 bits per heavy atom. The van der Waals surface area contributed by atoms with Crippen LogP contribution in [-0.2, 0) is 4.79 Å². The van der Waals surface area contributed by atoms with Crippen molar-refractivity contribution in [3.8, 4) is 5.75 Å². The lowest BCUT2D eigenvalue weighted by Crippen LogP contribution is -2.11. The number of rotatable bonds is 5. The van der Waals surface area contributed by atoms with Crippen LogP contribution in [-0.4, -0.2) is 16.6 Å². The third-order valence-corrected chi connectivity index (χ3v) is 4.09. The molecule has 0 bridgehead atoms. The summed E-state index contributed by atoms with van der Waals surface area (Å²) in [4.78, 5) is 22.6. The van der Waals surface area contributed by atoms with Gasteiger partial charge in [0.1, 0.15) is 5.75 Å². The van der Waals surface area contributed by atoms with Crippen LogP contribution in [0.4, 0.5) is 5.69 Å². The Hall–Kier alpha value is -1.76. The van der Waals surface area contributed by atoms with E-state index in [0.717, 1.165) is 11.8 Å². The summed E-state index contributed by atoms with van der Waals surface area (Å²) in [6, 6.07) is 10.7. The first kappa shape index (κ1) is 16.6. The molecule has 0 N–H and O–H groups in total. The molecular formula is C14H9Cl2NO4S. The first-order valence-corrected chi connectivity index (χ1v) is 7.73. The van der Waals surface area contributed by atoms with E-state index >= 15 is 0 Å². The van der Waals surface area contributed by atoms with Crippen molar-refractivity contribution in [3.63, 3.8) is 0 Å². The zero-order valence-corrected chi connectivity index (χ0v) is 13.3. The van der Waals surface area contributed by atoms with Gasteiger partial charge in [-0.1, -0.05) is 35.3 Å². The Balaban J connectivity index is 2.00. The normalized spacial score (nSPS) is 10.3. The molecule has 2 aromatic rings. The molecule has 0 heterocycles. The van der Waals surface area contributed by atoms with Gasteiger partial charge in [-0.3, -0.25) is 14.9 Å². The van der Waals surface area contributed by atoms with Gasteiger partial charge in [0, 0.05) is 11.1 Å². The van der Waals surface area contributed by atoms with Crippen LogP contribution in [0.25, 0.3) is 0 Å². The van der Waals surface area contributed by atoms with Crippen LogP contribution >= 0.6 is 35.0 Å². The maximum atomic E-state index is 11.8. The summed E-state index contributed by atoms with van der Waals surface area (Å²) in [6.07, 6.45) is 0. The molecule has 2 aromatic carbocycles. The predicted molar refractivity (Wildman–Crippen MR) is 85.9 cm³/mol. The van der Waals surface area contributed by atoms with Gasteiger partial charge in [-0.15, -0.1) is 11.8 Å². The van der Waals surface area contributed by atoms with Crippen LogP contribution in [0.15, 0.2) is 47.4 Å². The number of hydrogen-bond donors (Lipinski definition) is 0. The molecule has 0 aliphatic carbocycles. The van der Waals surface area contributed by atoms with Gasteiger partial charge >= 0.3 is 5.97 Å². The van der Waals surface area contributed by atoms with Gasteiger partial charge in [-0.2, -0.15) is 0 Å². The molecule has 5 nitrogen and oxygen atoms in total. The van der Waals surface area contributed by atoms with E-state index in [4.69, 9.17) is 27.9 Å². The van der Waals surface area contributed by atoms with Crippen molar-refractivity contribution in [2.45, 2.75) is 4.90 Å².